The average molecular weight is 289 g/mol. The van der Waals surface area contributed by atoms with Crippen LogP contribution in [0.25, 0.3) is 0 Å². The molecule has 0 heterocycles. The zero-order valence-electron chi connectivity index (χ0n) is 12.9. The lowest BCUT2D eigenvalue weighted by Gasteiger charge is -2.31. The molecule has 1 fully saturated rings. The standard InChI is InChI=1S/C18H27NO2/c1-2-6-14-9-11-16(12-10-14)19-17(18(20)21)13-15-7-4-3-5-8-15/h3-5,7-8,14,16-17,19H,2,6,9-13H2,1H3,(H,20,21)/t14?,16?,17-/m0/s1. The van der Waals surface area contributed by atoms with Gasteiger partial charge in [0, 0.05) is 6.04 Å². The number of rotatable bonds is 7. The normalized spacial score (nSPS) is 23.7. The van der Waals surface area contributed by atoms with Crippen molar-refractivity contribution in [3.63, 3.8) is 0 Å². The molecule has 3 nitrogen and oxygen atoms in total. The second-order valence-corrected chi connectivity index (χ2v) is 6.25. The summed E-state index contributed by atoms with van der Waals surface area (Å²) >= 11 is 0. The summed E-state index contributed by atoms with van der Waals surface area (Å²) in [6.07, 6.45) is 7.84. The molecular weight excluding hydrogens is 262 g/mol. The van der Waals surface area contributed by atoms with Crippen molar-refractivity contribution in [3.8, 4) is 0 Å². The van der Waals surface area contributed by atoms with Crippen molar-refractivity contribution >= 4 is 5.97 Å². The summed E-state index contributed by atoms with van der Waals surface area (Å²) in [5, 5.41) is 12.8. The molecule has 0 radical (unpaired) electrons. The van der Waals surface area contributed by atoms with Gasteiger partial charge in [0.05, 0.1) is 0 Å². The monoisotopic (exact) mass is 289 g/mol. The lowest BCUT2D eigenvalue weighted by molar-refractivity contribution is -0.139. The SMILES string of the molecule is CCCC1CCC(N[C@@H](Cc2ccccc2)C(=O)O)CC1. The maximum atomic E-state index is 11.5. The number of benzene rings is 1. The summed E-state index contributed by atoms with van der Waals surface area (Å²) in [5.41, 5.74) is 1.08. The van der Waals surface area contributed by atoms with E-state index in [0.717, 1.165) is 24.3 Å². The van der Waals surface area contributed by atoms with Crippen molar-refractivity contribution in [2.75, 3.05) is 0 Å². The van der Waals surface area contributed by atoms with Crippen molar-refractivity contribution in [1.29, 1.82) is 0 Å². The fourth-order valence-electron chi connectivity index (χ4n) is 3.38. The fourth-order valence-corrected chi connectivity index (χ4v) is 3.38. The van der Waals surface area contributed by atoms with Crippen molar-refractivity contribution in [2.45, 2.75) is 64.0 Å². The quantitative estimate of drug-likeness (QED) is 0.806. The molecule has 1 aliphatic carbocycles. The predicted octanol–water partition coefficient (Wildman–Crippen LogP) is 3.63. The Morgan fingerprint density at radius 1 is 1.24 bits per heavy atom. The van der Waals surface area contributed by atoms with E-state index in [2.05, 4.69) is 12.2 Å². The summed E-state index contributed by atoms with van der Waals surface area (Å²) in [7, 11) is 0. The molecule has 0 aromatic heterocycles. The van der Waals surface area contributed by atoms with Crippen LogP contribution in [0.1, 0.15) is 51.0 Å². The molecule has 0 saturated heterocycles. The van der Waals surface area contributed by atoms with Crippen molar-refractivity contribution in [1.82, 2.24) is 5.32 Å². The molecule has 1 aromatic rings. The molecule has 0 aliphatic heterocycles. The number of hydrogen-bond acceptors (Lipinski definition) is 2. The van der Waals surface area contributed by atoms with Crippen molar-refractivity contribution in [2.24, 2.45) is 5.92 Å². The second kappa shape index (κ2) is 8.18. The number of nitrogens with one attached hydrogen (secondary N) is 1. The van der Waals surface area contributed by atoms with Crippen LogP contribution < -0.4 is 5.32 Å². The maximum Gasteiger partial charge on any atom is 0.321 e. The van der Waals surface area contributed by atoms with Gasteiger partial charge in [-0.15, -0.1) is 0 Å². The van der Waals surface area contributed by atoms with E-state index < -0.39 is 12.0 Å². The van der Waals surface area contributed by atoms with Gasteiger partial charge in [-0.3, -0.25) is 4.79 Å². The Morgan fingerprint density at radius 2 is 1.90 bits per heavy atom. The van der Waals surface area contributed by atoms with Gasteiger partial charge in [0.1, 0.15) is 6.04 Å². The van der Waals surface area contributed by atoms with Crippen molar-refractivity contribution < 1.29 is 9.90 Å². The first-order chi connectivity index (χ1) is 10.2. The minimum Gasteiger partial charge on any atom is -0.480 e. The third-order valence-corrected chi connectivity index (χ3v) is 4.56. The zero-order valence-corrected chi connectivity index (χ0v) is 12.9. The van der Waals surface area contributed by atoms with Gasteiger partial charge in [0.25, 0.3) is 0 Å². The van der Waals surface area contributed by atoms with Gasteiger partial charge in [0.2, 0.25) is 0 Å². The molecule has 1 saturated carbocycles. The highest BCUT2D eigenvalue weighted by molar-refractivity contribution is 5.74. The Bertz CT molecular complexity index is 424. The van der Waals surface area contributed by atoms with Crippen LogP contribution in [0.5, 0.6) is 0 Å². The van der Waals surface area contributed by atoms with Crippen LogP contribution in [0, 0.1) is 5.92 Å². The Balaban J connectivity index is 1.85. The molecule has 1 aromatic carbocycles. The van der Waals surface area contributed by atoms with Gasteiger partial charge in [-0.25, -0.2) is 0 Å². The van der Waals surface area contributed by atoms with Crippen LogP contribution in [-0.4, -0.2) is 23.2 Å². The van der Waals surface area contributed by atoms with Gasteiger partial charge in [-0.1, -0.05) is 50.1 Å². The van der Waals surface area contributed by atoms with E-state index in [1.165, 1.54) is 25.7 Å². The lowest BCUT2D eigenvalue weighted by atomic mass is 9.83. The Kier molecular flexibility index (Phi) is 6.24. The average Bonchev–Trinajstić information content (AvgIpc) is 2.50. The number of aliphatic carboxylic acids is 1. The first-order valence-electron chi connectivity index (χ1n) is 8.21. The third kappa shape index (κ3) is 5.16. The maximum absolute atomic E-state index is 11.5. The highest BCUT2D eigenvalue weighted by atomic mass is 16.4. The van der Waals surface area contributed by atoms with E-state index in [-0.39, 0.29) is 0 Å². The second-order valence-electron chi connectivity index (χ2n) is 6.25. The molecule has 116 valence electrons. The lowest BCUT2D eigenvalue weighted by Crippen LogP contribution is -2.46. The molecule has 0 unspecified atom stereocenters. The molecular formula is C18H27NO2. The summed E-state index contributed by atoms with van der Waals surface area (Å²) < 4.78 is 0. The first-order valence-corrected chi connectivity index (χ1v) is 8.21. The molecule has 3 heteroatoms. The van der Waals surface area contributed by atoms with E-state index in [1.807, 2.05) is 30.3 Å². The zero-order chi connectivity index (χ0) is 15.1. The van der Waals surface area contributed by atoms with Gasteiger partial charge in [-0.05, 0) is 43.6 Å². The van der Waals surface area contributed by atoms with Gasteiger partial charge in [0.15, 0.2) is 0 Å². The number of carbonyl (C=O) groups is 1. The largest absolute Gasteiger partial charge is 0.480 e. The van der Waals surface area contributed by atoms with Crippen molar-refractivity contribution in [3.05, 3.63) is 35.9 Å². The Morgan fingerprint density at radius 3 is 2.48 bits per heavy atom. The molecule has 2 rings (SSSR count). The topological polar surface area (TPSA) is 49.3 Å². The van der Waals surface area contributed by atoms with Crippen LogP contribution in [0.15, 0.2) is 30.3 Å². The Hall–Kier alpha value is -1.35. The smallest absolute Gasteiger partial charge is 0.321 e. The molecule has 1 atom stereocenters. The molecule has 2 N–H and O–H groups in total. The van der Waals surface area contributed by atoms with Gasteiger partial charge in [-0.2, -0.15) is 0 Å². The number of carboxylic acids is 1. The molecule has 0 amide bonds. The van der Waals surface area contributed by atoms with Crippen LogP contribution in [0.3, 0.4) is 0 Å². The van der Waals surface area contributed by atoms with E-state index >= 15 is 0 Å². The summed E-state index contributed by atoms with van der Waals surface area (Å²) in [5.74, 6) is 0.111. The fraction of sp³-hybridized carbons (Fsp3) is 0.611. The van der Waals surface area contributed by atoms with E-state index in [4.69, 9.17) is 0 Å². The minimum atomic E-state index is -0.741. The summed E-state index contributed by atoms with van der Waals surface area (Å²) in [6.45, 7) is 2.24. The van der Waals surface area contributed by atoms with Crippen LogP contribution in [-0.2, 0) is 11.2 Å². The molecule has 0 spiro atoms. The third-order valence-electron chi connectivity index (χ3n) is 4.56. The van der Waals surface area contributed by atoms with Crippen LogP contribution >= 0.6 is 0 Å². The first kappa shape index (κ1) is 16.0. The van der Waals surface area contributed by atoms with Crippen LogP contribution in [0.2, 0.25) is 0 Å². The summed E-state index contributed by atoms with van der Waals surface area (Å²) in [4.78, 5) is 11.5. The van der Waals surface area contributed by atoms with E-state index in [9.17, 15) is 9.90 Å². The predicted molar refractivity (Wildman–Crippen MR) is 85.4 cm³/mol. The van der Waals surface area contributed by atoms with Crippen LogP contribution in [0.4, 0.5) is 0 Å². The highest BCUT2D eigenvalue weighted by Crippen LogP contribution is 2.28. The van der Waals surface area contributed by atoms with E-state index in [0.29, 0.717) is 12.5 Å². The Labute approximate surface area is 127 Å². The molecule has 1 aliphatic rings. The van der Waals surface area contributed by atoms with Gasteiger partial charge >= 0.3 is 5.97 Å². The minimum absolute atomic E-state index is 0.364. The molecule has 0 bridgehead atoms. The molecule has 21 heavy (non-hydrogen) atoms. The summed E-state index contributed by atoms with van der Waals surface area (Å²) in [6, 6.07) is 9.77. The van der Waals surface area contributed by atoms with E-state index in [1.54, 1.807) is 0 Å². The van der Waals surface area contributed by atoms with Gasteiger partial charge < -0.3 is 10.4 Å². The number of carboxylic acid groups (broad SMARTS) is 1. The highest BCUT2D eigenvalue weighted by Gasteiger charge is 2.25. The number of hydrogen-bond donors (Lipinski definition) is 2.